The Morgan fingerprint density at radius 1 is 1.37 bits per heavy atom. The highest BCUT2D eigenvalue weighted by molar-refractivity contribution is 8.26. The van der Waals surface area contributed by atoms with Crippen LogP contribution in [0.5, 0.6) is 0 Å². The molecule has 0 unspecified atom stereocenters. The van der Waals surface area contributed by atoms with Crippen LogP contribution in [-0.2, 0) is 19.4 Å². The van der Waals surface area contributed by atoms with Gasteiger partial charge >= 0.3 is 0 Å². The summed E-state index contributed by atoms with van der Waals surface area (Å²) in [5.41, 5.74) is 0.885. The van der Waals surface area contributed by atoms with Crippen molar-refractivity contribution in [3.05, 3.63) is 40.8 Å². The Kier molecular flexibility index (Phi) is 6.02. The van der Waals surface area contributed by atoms with E-state index in [9.17, 15) is 18.0 Å². The number of nitrogens with zero attached hydrogens (tertiary/aromatic N) is 2. The second kappa shape index (κ2) is 8.12. The van der Waals surface area contributed by atoms with E-state index in [1.165, 1.54) is 16.7 Å². The summed E-state index contributed by atoms with van der Waals surface area (Å²) in [6.45, 7) is 2.04. The van der Waals surface area contributed by atoms with Crippen LogP contribution < -0.4 is 0 Å². The summed E-state index contributed by atoms with van der Waals surface area (Å²) in [6, 6.07) is 9.10. The summed E-state index contributed by atoms with van der Waals surface area (Å²) in [4.78, 5) is 28.7. The fourth-order valence-electron chi connectivity index (χ4n) is 3.22. The summed E-state index contributed by atoms with van der Waals surface area (Å²) in [6.07, 6.45) is 2.19. The maximum Gasteiger partial charge on any atom is 0.266 e. The number of carbonyl (C=O) groups excluding carboxylic acids is 2. The van der Waals surface area contributed by atoms with Crippen molar-refractivity contribution in [2.24, 2.45) is 0 Å². The topological polar surface area (TPSA) is 74.8 Å². The van der Waals surface area contributed by atoms with Gasteiger partial charge < -0.3 is 4.90 Å². The molecule has 0 bridgehead atoms. The average Bonchev–Trinajstić information content (AvgIpc) is 3.10. The standard InChI is InChI=1S/C18H20N2O4S3/c1-2-19(14-8-9-27(23,24)12-14)16(21)11-20-17(22)15(26-18(20)25)10-13-6-4-3-5-7-13/h3-7,10,14H,2,8-9,11-12H2,1H3/b15-10-/t14-/m0/s1. The second-order valence-electron chi connectivity index (χ2n) is 6.42. The molecule has 2 heterocycles. The molecule has 0 radical (unpaired) electrons. The summed E-state index contributed by atoms with van der Waals surface area (Å²) in [5, 5.41) is 0. The fourth-order valence-corrected chi connectivity index (χ4v) is 6.21. The van der Waals surface area contributed by atoms with Crippen molar-refractivity contribution < 1.29 is 18.0 Å². The van der Waals surface area contributed by atoms with E-state index in [1.807, 2.05) is 37.3 Å². The van der Waals surface area contributed by atoms with Crippen molar-refractivity contribution >= 4 is 56.0 Å². The molecular formula is C18H20N2O4S3. The number of hydrogen-bond donors (Lipinski definition) is 0. The normalized spacial score (nSPS) is 23.2. The minimum atomic E-state index is -3.09. The first-order valence-electron chi connectivity index (χ1n) is 8.61. The Bertz CT molecular complexity index is 896. The molecule has 2 aliphatic rings. The molecule has 2 saturated heterocycles. The van der Waals surface area contributed by atoms with Crippen molar-refractivity contribution in [3.8, 4) is 0 Å². The van der Waals surface area contributed by atoms with Crippen LogP contribution in [0.15, 0.2) is 35.2 Å². The summed E-state index contributed by atoms with van der Waals surface area (Å²) in [5.74, 6) is -0.490. The van der Waals surface area contributed by atoms with Gasteiger partial charge in [-0.3, -0.25) is 14.5 Å². The van der Waals surface area contributed by atoms with E-state index in [0.29, 0.717) is 22.2 Å². The smallest absolute Gasteiger partial charge is 0.266 e. The third kappa shape index (κ3) is 4.59. The van der Waals surface area contributed by atoms with Crippen molar-refractivity contribution in [1.82, 2.24) is 9.80 Å². The van der Waals surface area contributed by atoms with E-state index in [0.717, 1.165) is 5.56 Å². The Morgan fingerprint density at radius 2 is 2.07 bits per heavy atom. The molecule has 0 N–H and O–H groups in total. The number of likely N-dealkylation sites (N-methyl/N-ethyl adjacent to an activating group) is 1. The molecule has 144 valence electrons. The van der Waals surface area contributed by atoms with E-state index in [2.05, 4.69) is 0 Å². The number of rotatable bonds is 5. The van der Waals surface area contributed by atoms with Crippen LogP contribution in [0.4, 0.5) is 0 Å². The van der Waals surface area contributed by atoms with Crippen molar-refractivity contribution in [2.75, 3.05) is 24.6 Å². The van der Waals surface area contributed by atoms with Gasteiger partial charge in [0.25, 0.3) is 5.91 Å². The highest BCUT2D eigenvalue weighted by Gasteiger charge is 2.38. The lowest BCUT2D eigenvalue weighted by Gasteiger charge is -2.28. The lowest BCUT2D eigenvalue weighted by atomic mass is 10.2. The molecule has 2 aliphatic heterocycles. The molecule has 0 saturated carbocycles. The molecule has 1 aromatic carbocycles. The first kappa shape index (κ1) is 20.0. The maximum atomic E-state index is 12.7. The Hall–Kier alpha value is -1.71. The van der Waals surface area contributed by atoms with E-state index in [1.54, 1.807) is 11.0 Å². The number of benzene rings is 1. The molecular weight excluding hydrogens is 404 g/mol. The fraction of sp³-hybridized carbons (Fsp3) is 0.389. The SMILES string of the molecule is CCN(C(=O)CN1C(=O)/C(=C/c2ccccc2)SC1=S)[C@H]1CCS(=O)(=O)C1. The van der Waals surface area contributed by atoms with Crippen LogP contribution in [0.25, 0.3) is 6.08 Å². The van der Waals surface area contributed by atoms with Gasteiger partial charge in [-0.25, -0.2) is 8.42 Å². The van der Waals surface area contributed by atoms with Crippen LogP contribution in [0, 0.1) is 0 Å². The van der Waals surface area contributed by atoms with Crippen molar-refractivity contribution in [3.63, 3.8) is 0 Å². The molecule has 0 aromatic heterocycles. The van der Waals surface area contributed by atoms with Gasteiger partial charge in [0.05, 0.1) is 16.4 Å². The number of sulfone groups is 1. The number of amides is 2. The first-order valence-corrected chi connectivity index (χ1v) is 11.7. The molecule has 3 rings (SSSR count). The van der Waals surface area contributed by atoms with E-state index >= 15 is 0 Å². The highest BCUT2D eigenvalue weighted by atomic mass is 32.2. The Morgan fingerprint density at radius 3 is 2.67 bits per heavy atom. The van der Waals surface area contributed by atoms with Gasteiger partial charge in [0.1, 0.15) is 10.9 Å². The number of thiocarbonyl (C=S) groups is 1. The molecule has 6 nitrogen and oxygen atoms in total. The van der Waals surface area contributed by atoms with Gasteiger partial charge in [0.2, 0.25) is 5.91 Å². The molecule has 2 amide bonds. The van der Waals surface area contributed by atoms with E-state index in [4.69, 9.17) is 12.2 Å². The minimum Gasteiger partial charge on any atom is -0.337 e. The zero-order valence-corrected chi connectivity index (χ0v) is 17.3. The molecule has 2 fully saturated rings. The van der Waals surface area contributed by atoms with Gasteiger partial charge in [-0.1, -0.05) is 54.3 Å². The molecule has 0 spiro atoms. The van der Waals surface area contributed by atoms with E-state index in [-0.39, 0.29) is 35.9 Å². The van der Waals surface area contributed by atoms with Gasteiger partial charge in [0, 0.05) is 12.6 Å². The quantitative estimate of drug-likeness (QED) is 0.531. The average molecular weight is 425 g/mol. The van der Waals surface area contributed by atoms with Gasteiger partial charge in [0.15, 0.2) is 9.84 Å². The third-order valence-electron chi connectivity index (χ3n) is 4.57. The molecule has 1 aromatic rings. The molecule has 9 heteroatoms. The van der Waals surface area contributed by atoms with Gasteiger partial charge in [-0.2, -0.15) is 0 Å². The summed E-state index contributed by atoms with van der Waals surface area (Å²) >= 11 is 6.46. The van der Waals surface area contributed by atoms with Crippen molar-refractivity contribution in [1.29, 1.82) is 0 Å². The van der Waals surface area contributed by atoms with E-state index < -0.39 is 9.84 Å². The predicted octanol–water partition coefficient (Wildman–Crippen LogP) is 1.92. The second-order valence-corrected chi connectivity index (χ2v) is 10.3. The lowest BCUT2D eigenvalue weighted by molar-refractivity contribution is -0.136. The molecule has 27 heavy (non-hydrogen) atoms. The number of hydrogen-bond acceptors (Lipinski definition) is 6. The monoisotopic (exact) mass is 424 g/mol. The summed E-state index contributed by atoms with van der Waals surface area (Å²) < 4.78 is 23.8. The molecule has 0 aliphatic carbocycles. The van der Waals surface area contributed by atoms with Crippen LogP contribution in [0.2, 0.25) is 0 Å². The molecule has 1 atom stereocenters. The minimum absolute atomic E-state index is 0.0150. The van der Waals surface area contributed by atoms with Crippen LogP contribution in [0.1, 0.15) is 18.9 Å². The van der Waals surface area contributed by atoms with Crippen LogP contribution in [-0.4, -0.2) is 65.0 Å². The van der Waals surface area contributed by atoms with Crippen molar-refractivity contribution in [2.45, 2.75) is 19.4 Å². The maximum absolute atomic E-state index is 12.7. The van der Waals surface area contributed by atoms with Gasteiger partial charge in [-0.05, 0) is 25.0 Å². The zero-order chi connectivity index (χ0) is 19.6. The Balaban J connectivity index is 1.71. The lowest BCUT2D eigenvalue weighted by Crippen LogP contribution is -2.47. The Labute approximate surface area is 168 Å². The number of carbonyl (C=O) groups is 2. The summed E-state index contributed by atoms with van der Waals surface area (Å²) in [7, 11) is -3.09. The number of thioether (sulfide) groups is 1. The first-order chi connectivity index (χ1) is 12.8. The zero-order valence-electron chi connectivity index (χ0n) is 14.8. The predicted molar refractivity (Wildman–Crippen MR) is 111 cm³/mol. The van der Waals surface area contributed by atoms with Crippen LogP contribution in [0.3, 0.4) is 0 Å². The van der Waals surface area contributed by atoms with Crippen LogP contribution >= 0.6 is 24.0 Å². The highest BCUT2D eigenvalue weighted by Crippen LogP contribution is 2.32. The largest absolute Gasteiger partial charge is 0.337 e. The van der Waals surface area contributed by atoms with Gasteiger partial charge in [-0.15, -0.1) is 0 Å². The third-order valence-corrected chi connectivity index (χ3v) is 7.70.